The standard InChI is InChI=1S/C25H30N2O6S/c1-15-13-19-17(3)22(25(28)27-11-7-6-8-12-27)33-23(19)24(16(15)2)34(29,30)26-18-9-10-20(31-4)21(14-18)32-5/h9-10,13-14,26H,6-8,11-12H2,1-5H3. The minimum atomic E-state index is -4.06. The second-order valence-electron chi connectivity index (χ2n) is 8.61. The molecule has 34 heavy (non-hydrogen) atoms. The molecule has 0 spiro atoms. The summed E-state index contributed by atoms with van der Waals surface area (Å²) in [6, 6.07) is 6.66. The first-order valence-corrected chi connectivity index (χ1v) is 12.7. The number of carbonyl (C=O) groups is 1. The molecule has 3 aromatic rings. The SMILES string of the molecule is COc1ccc(NS(=O)(=O)c2c(C)c(C)cc3c(C)c(C(=O)N4CCCCC4)oc23)cc1OC. The number of carbonyl (C=O) groups excluding carboxylic acids is 1. The van der Waals surface area contributed by atoms with Crippen LogP contribution in [0.3, 0.4) is 0 Å². The van der Waals surface area contributed by atoms with Crippen molar-refractivity contribution in [2.75, 3.05) is 32.0 Å². The van der Waals surface area contributed by atoms with Gasteiger partial charge < -0.3 is 18.8 Å². The van der Waals surface area contributed by atoms with Crippen molar-refractivity contribution in [1.82, 2.24) is 4.90 Å². The van der Waals surface area contributed by atoms with Crippen LogP contribution >= 0.6 is 0 Å². The maximum Gasteiger partial charge on any atom is 0.289 e. The quantitative estimate of drug-likeness (QED) is 0.537. The lowest BCUT2D eigenvalue weighted by Crippen LogP contribution is -2.35. The van der Waals surface area contributed by atoms with Gasteiger partial charge in [0.05, 0.1) is 19.9 Å². The van der Waals surface area contributed by atoms with Gasteiger partial charge in [0.15, 0.2) is 22.8 Å². The van der Waals surface area contributed by atoms with E-state index in [-0.39, 0.29) is 22.1 Å². The summed E-state index contributed by atoms with van der Waals surface area (Å²) in [5, 5.41) is 0.621. The fourth-order valence-corrected chi connectivity index (χ4v) is 5.92. The summed E-state index contributed by atoms with van der Waals surface area (Å²) in [6.07, 6.45) is 3.02. The zero-order valence-electron chi connectivity index (χ0n) is 20.1. The molecule has 8 nitrogen and oxygen atoms in total. The summed E-state index contributed by atoms with van der Waals surface area (Å²) in [6.45, 7) is 6.75. The van der Waals surface area contributed by atoms with Gasteiger partial charge >= 0.3 is 0 Å². The fraction of sp³-hybridized carbons (Fsp3) is 0.400. The smallest absolute Gasteiger partial charge is 0.289 e. The number of fused-ring (bicyclic) bond motifs is 1. The number of aryl methyl sites for hydroxylation is 2. The van der Waals surface area contributed by atoms with E-state index >= 15 is 0 Å². The molecule has 1 fully saturated rings. The third-order valence-corrected chi connectivity index (χ3v) is 7.97. The highest BCUT2D eigenvalue weighted by Gasteiger charge is 2.30. The molecule has 0 atom stereocenters. The van der Waals surface area contributed by atoms with Crippen LogP contribution in [0.25, 0.3) is 11.0 Å². The molecule has 4 rings (SSSR count). The van der Waals surface area contributed by atoms with Gasteiger partial charge in [0, 0.05) is 30.1 Å². The third kappa shape index (κ3) is 4.20. The van der Waals surface area contributed by atoms with Crippen molar-refractivity contribution in [3.63, 3.8) is 0 Å². The summed E-state index contributed by atoms with van der Waals surface area (Å²) in [5.74, 6) is 0.892. The Morgan fingerprint density at radius 1 is 0.971 bits per heavy atom. The number of amides is 1. The second-order valence-corrected chi connectivity index (χ2v) is 10.2. The van der Waals surface area contributed by atoms with Gasteiger partial charge in [0.25, 0.3) is 15.9 Å². The van der Waals surface area contributed by atoms with Crippen LogP contribution in [0.4, 0.5) is 5.69 Å². The van der Waals surface area contributed by atoms with Gasteiger partial charge in [-0.1, -0.05) is 0 Å². The molecule has 0 bridgehead atoms. The molecule has 2 heterocycles. The van der Waals surface area contributed by atoms with Crippen molar-refractivity contribution in [3.05, 3.63) is 46.7 Å². The number of methoxy groups -OCH3 is 2. The number of hydrogen-bond donors (Lipinski definition) is 1. The number of piperidine rings is 1. The normalized spacial score (nSPS) is 14.3. The highest BCUT2D eigenvalue weighted by atomic mass is 32.2. The van der Waals surface area contributed by atoms with Gasteiger partial charge in [-0.25, -0.2) is 8.42 Å². The van der Waals surface area contributed by atoms with E-state index in [2.05, 4.69) is 4.72 Å². The molecule has 0 saturated carbocycles. The molecule has 9 heteroatoms. The number of anilines is 1. The molecule has 0 radical (unpaired) electrons. The average molecular weight is 487 g/mol. The number of hydrogen-bond acceptors (Lipinski definition) is 6. The largest absolute Gasteiger partial charge is 0.493 e. The first kappa shape index (κ1) is 23.9. The van der Waals surface area contributed by atoms with E-state index in [1.54, 1.807) is 36.9 Å². The number of nitrogens with one attached hydrogen (secondary N) is 1. The van der Waals surface area contributed by atoms with Crippen molar-refractivity contribution in [1.29, 1.82) is 0 Å². The first-order chi connectivity index (χ1) is 16.2. The number of furan rings is 1. The van der Waals surface area contributed by atoms with Crippen molar-refractivity contribution in [2.45, 2.75) is 44.9 Å². The van der Waals surface area contributed by atoms with Gasteiger partial charge in [-0.2, -0.15) is 0 Å². The van der Waals surface area contributed by atoms with E-state index in [1.165, 1.54) is 14.2 Å². The van der Waals surface area contributed by atoms with Gasteiger partial charge in [0.1, 0.15) is 4.90 Å². The maximum atomic E-state index is 13.6. The molecule has 1 N–H and O–H groups in total. The predicted molar refractivity (Wildman–Crippen MR) is 131 cm³/mol. The van der Waals surface area contributed by atoms with Crippen LogP contribution in [-0.4, -0.2) is 46.5 Å². The molecule has 1 aliphatic rings. The molecule has 0 aliphatic carbocycles. The molecule has 182 valence electrons. The highest BCUT2D eigenvalue weighted by molar-refractivity contribution is 7.93. The van der Waals surface area contributed by atoms with E-state index in [0.717, 1.165) is 24.8 Å². The van der Waals surface area contributed by atoms with Crippen molar-refractivity contribution in [3.8, 4) is 11.5 Å². The Bertz CT molecular complexity index is 1350. The zero-order chi connectivity index (χ0) is 24.6. The minimum absolute atomic E-state index is 0.0260. The van der Waals surface area contributed by atoms with Crippen molar-refractivity contribution >= 4 is 32.6 Å². The first-order valence-electron chi connectivity index (χ1n) is 11.3. The van der Waals surface area contributed by atoms with Crippen LogP contribution in [0.15, 0.2) is 33.6 Å². The Morgan fingerprint density at radius 2 is 1.65 bits per heavy atom. The molecule has 1 aliphatic heterocycles. The van der Waals surface area contributed by atoms with E-state index in [4.69, 9.17) is 13.9 Å². The topological polar surface area (TPSA) is 98.1 Å². The number of benzene rings is 2. The summed E-state index contributed by atoms with van der Waals surface area (Å²) in [4.78, 5) is 15.0. The van der Waals surface area contributed by atoms with Crippen LogP contribution in [0.1, 0.15) is 46.5 Å². The van der Waals surface area contributed by atoms with Crippen LogP contribution in [0, 0.1) is 20.8 Å². The molecule has 2 aromatic carbocycles. The lowest BCUT2D eigenvalue weighted by molar-refractivity contribution is 0.0693. The Kier molecular flexibility index (Phi) is 6.49. The average Bonchev–Trinajstić information content (AvgIpc) is 3.14. The lowest BCUT2D eigenvalue weighted by atomic mass is 10.0. The van der Waals surface area contributed by atoms with Gasteiger partial charge in [-0.3, -0.25) is 9.52 Å². The number of ether oxygens (including phenoxy) is 2. The van der Waals surface area contributed by atoms with Crippen LogP contribution in [0.5, 0.6) is 11.5 Å². The summed E-state index contributed by atoms with van der Waals surface area (Å²) < 4.78 is 46.4. The minimum Gasteiger partial charge on any atom is -0.493 e. The third-order valence-electron chi connectivity index (χ3n) is 6.43. The van der Waals surface area contributed by atoms with E-state index in [1.807, 2.05) is 13.0 Å². The van der Waals surface area contributed by atoms with E-state index < -0.39 is 10.0 Å². The van der Waals surface area contributed by atoms with Crippen LogP contribution < -0.4 is 14.2 Å². The Labute approximate surface area is 199 Å². The van der Waals surface area contributed by atoms with Crippen LogP contribution in [-0.2, 0) is 10.0 Å². The summed E-state index contributed by atoms with van der Waals surface area (Å²) in [7, 11) is -1.06. The fourth-order valence-electron chi connectivity index (χ4n) is 4.42. The van der Waals surface area contributed by atoms with Crippen molar-refractivity contribution < 1.29 is 27.1 Å². The number of nitrogens with zero attached hydrogens (tertiary/aromatic N) is 1. The Hall–Kier alpha value is -3.20. The molecular formula is C25H30N2O6S. The van der Waals surface area contributed by atoms with E-state index in [9.17, 15) is 13.2 Å². The summed E-state index contributed by atoms with van der Waals surface area (Å²) in [5.41, 5.74) is 2.51. The maximum absolute atomic E-state index is 13.6. The zero-order valence-corrected chi connectivity index (χ0v) is 21.0. The van der Waals surface area contributed by atoms with Gasteiger partial charge in [-0.05, 0) is 69.4 Å². The molecular weight excluding hydrogens is 456 g/mol. The highest BCUT2D eigenvalue weighted by Crippen LogP contribution is 2.37. The monoisotopic (exact) mass is 486 g/mol. The van der Waals surface area contributed by atoms with Crippen molar-refractivity contribution in [2.24, 2.45) is 0 Å². The Balaban J connectivity index is 1.81. The molecule has 1 amide bonds. The van der Waals surface area contributed by atoms with Gasteiger partial charge in [-0.15, -0.1) is 0 Å². The summed E-state index contributed by atoms with van der Waals surface area (Å²) >= 11 is 0. The number of sulfonamides is 1. The number of rotatable bonds is 6. The molecule has 0 unspecified atom stereocenters. The van der Waals surface area contributed by atoms with Crippen LogP contribution in [0.2, 0.25) is 0 Å². The molecule has 1 aromatic heterocycles. The lowest BCUT2D eigenvalue weighted by Gasteiger charge is -2.25. The predicted octanol–water partition coefficient (Wildman–Crippen LogP) is 4.80. The second kappa shape index (κ2) is 9.21. The Morgan fingerprint density at radius 3 is 2.29 bits per heavy atom. The van der Waals surface area contributed by atoms with Gasteiger partial charge in [0.2, 0.25) is 0 Å². The van der Waals surface area contributed by atoms with E-state index in [0.29, 0.717) is 46.8 Å². The number of likely N-dealkylation sites (tertiary alicyclic amines) is 1. The molecule has 1 saturated heterocycles.